The Morgan fingerprint density at radius 1 is 1.42 bits per heavy atom. The second-order valence-corrected chi connectivity index (χ2v) is 6.61. The molecule has 136 valence electrons. The monoisotopic (exact) mass is 361 g/mol. The van der Waals surface area contributed by atoms with Crippen molar-refractivity contribution < 1.29 is 25.2 Å². The van der Waals surface area contributed by atoms with E-state index in [1.165, 1.54) is 6.33 Å². The van der Waals surface area contributed by atoms with Crippen LogP contribution in [-0.2, 0) is 11.2 Å². The van der Waals surface area contributed by atoms with Gasteiger partial charge in [-0.15, -0.1) is 0 Å². The van der Waals surface area contributed by atoms with Gasteiger partial charge in [-0.2, -0.15) is 0 Å². The second kappa shape index (κ2) is 7.47. The van der Waals surface area contributed by atoms with Crippen LogP contribution in [0.3, 0.4) is 0 Å². The number of halogens is 1. The van der Waals surface area contributed by atoms with Crippen molar-refractivity contribution in [1.29, 1.82) is 0 Å². The smallest absolute Gasteiger partial charge is 0.158 e. The van der Waals surface area contributed by atoms with E-state index in [2.05, 4.69) is 15.3 Å². The van der Waals surface area contributed by atoms with E-state index < -0.39 is 23.3 Å². The van der Waals surface area contributed by atoms with Gasteiger partial charge >= 0.3 is 0 Å². The molecule has 3 atom stereocenters. The van der Waals surface area contributed by atoms with Gasteiger partial charge in [-0.25, -0.2) is 9.97 Å². The lowest BCUT2D eigenvalue weighted by Gasteiger charge is -2.58. The fraction of sp³-hybridized carbons (Fsp3) is 0.733. The normalized spacial score (nSPS) is 26.7. The Hall–Kier alpha value is -1.03. The van der Waals surface area contributed by atoms with Gasteiger partial charge in [-0.05, 0) is 20.3 Å². The van der Waals surface area contributed by atoms with Crippen LogP contribution in [-0.4, -0.2) is 68.1 Å². The van der Waals surface area contributed by atoms with Crippen LogP contribution in [0.1, 0.15) is 25.8 Å². The lowest BCUT2D eigenvalue weighted by Crippen LogP contribution is -2.71. The Labute approximate surface area is 145 Å². The van der Waals surface area contributed by atoms with E-state index in [4.69, 9.17) is 16.3 Å². The third-order valence-corrected chi connectivity index (χ3v) is 5.22. The van der Waals surface area contributed by atoms with Crippen molar-refractivity contribution in [2.24, 2.45) is 5.41 Å². The van der Waals surface area contributed by atoms with Gasteiger partial charge in [0.2, 0.25) is 0 Å². The number of aliphatic hydroxyl groups excluding tert-OH is 3. The van der Waals surface area contributed by atoms with Gasteiger partial charge in [-0.1, -0.05) is 11.6 Å². The predicted octanol–water partition coefficient (Wildman–Crippen LogP) is -0.0664. The molecule has 5 N–H and O–H groups in total. The Balaban J connectivity index is 2.18. The molecule has 0 bridgehead atoms. The van der Waals surface area contributed by atoms with E-state index in [0.29, 0.717) is 24.4 Å². The number of aliphatic hydroxyl groups is 4. The van der Waals surface area contributed by atoms with Crippen LogP contribution in [0.4, 0.5) is 5.82 Å². The topological polar surface area (TPSA) is 128 Å². The molecule has 0 saturated heterocycles. The maximum Gasteiger partial charge on any atom is 0.158 e. The minimum absolute atomic E-state index is 0.0931. The van der Waals surface area contributed by atoms with Gasteiger partial charge in [0.15, 0.2) is 6.29 Å². The van der Waals surface area contributed by atoms with Gasteiger partial charge < -0.3 is 30.5 Å². The highest BCUT2D eigenvalue weighted by molar-refractivity contribution is 6.30. The maximum absolute atomic E-state index is 10.6. The summed E-state index contributed by atoms with van der Waals surface area (Å²) in [6.07, 6.45) is 0.688. The van der Waals surface area contributed by atoms with Crippen molar-refractivity contribution in [3.8, 4) is 0 Å². The molecule has 0 amide bonds. The first kappa shape index (κ1) is 19.3. The molecule has 1 aromatic heterocycles. The van der Waals surface area contributed by atoms with Crippen molar-refractivity contribution in [3.63, 3.8) is 0 Å². The van der Waals surface area contributed by atoms with Crippen LogP contribution in [0.25, 0.3) is 0 Å². The molecule has 1 aromatic rings. The van der Waals surface area contributed by atoms with Crippen molar-refractivity contribution in [1.82, 2.24) is 9.97 Å². The summed E-state index contributed by atoms with van der Waals surface area (Å²) in [5.74, 6) is 0.378. The quantitative estimate of drug-likeness (QED) is 0.321. The molecule has 24 heavy (non-hydrogen) atoms. The minimum atomic E-state index is -1.33. The van der Waals surface area contributed by atoms with Crippen molar-refractivity contribution in [2.75, 3.05) is 25.1 Å². The fourth-order valence-electron chi connectivity index (χ4n) is 3.01. The van der Waals surface area contributed by atoms with E-state index in [-0.39, 0.29) is 24.8 Å². The van der Waals surface area contributed by atoms with E-state index in [1.54, 1.807) is 13.8 Å². The molecule has 1 saturated carbocycles. The Bertz CT molecular complexity index is 568. The summed E-state index contributed by atoms with van der Waals surface area (Å²) >= 11 is 6.10. The Kier molecular flexibility index (Phi) is 6.00. The van der Waals surface area contributed by atoms with Crippen LogP contribution >= 0.6 is 11.6 Å². The van der Waals surface area contributed by atoms with Crippen LogP contribution in [0.15, 0.2) is 6.33 Å². The molecule has 1 heterocycles. The van der Waals surface area contributed by atoms with Crippen molar-refractivity contribution in [2.45, 2.75) is 44.6 Å². The zero-order chi connectivity index (χ0) is 18.0. The molecule has 8 nitrogen and oxygen atoms in total. The van der Waals surface area contributed by atoms with Crippen LogP contribution in [0, 0.1) is 5.41 Å². The number of nitrogens with zero attached hydrogens (tertiary/aromatic N) is 2. The number of ether oxygens (including phenoxy) is 1. The highest BCUT2D eigenvalue weighted by Gasteiger charge is 2.62. The molecule has 1 aliphatic rings. The molecule has 1 fully saturated rings. The summed E-state index contributed by atoms with van der Waals surface area (Å²) in [6, 6.07) is -0.439. The van der Waals surface area contributed by atoms with E-state index >= 15 is 0 Å². The number of anilines is 1. The first-order chi connectivity index (χ1) is 11.3. The molecule has 0 aliphatic heterocycles. The number of hydrogen-bond donors (Lipinski definition) is 5. The van der Waals surface area contributed by atoms with Gasteiger partial charge in [0, 0.05) is 24.0 Å². The predicted molar refractivity (Wildman–Crippen MR) is 87.6 cm³/mol. The second-order valence-electron chi connectivity index (χ2n) is 6.25. The first-order valence-corrected chi connectivity index (χ1v) is 8.18. The van der Waals surface area contributed by atoms with Gasteiger partial charge in [0.05, 0.1) is 24.9 Å². The third kappa shape index (κ3) is 3.35. The maximum atomic E-state index is 10.6. The summed E-state index contributed by atoms with van der Waals surface area (Å²) in [6.45, 7) is 3.02. The minimum Gasteiger partial charge on any atom is -0.396 e. The summed E-state index contributed by atoms with van der Waals surface area (Å²) in [4.78, 5) is 8.04. The van der Waals surface area contributed by atoms with Crippen molar-refractivity contribution in [3.05, 3.63) is 17.0 Å². The molecule has 9 heteroatoms. The van der Waals surface area contributed by atoms with Gasteiger partial charge in [0.25, 0.3) is 0 Å². The number of aromatic nitrogens is 2. The fourth-order valence-corrected chi connectivity index (χ4v) is 3.22. The number of rotatable bonds is 8. The summed E-state index contributed by atoms with van der Waals surface area (Å²) in [5, 5.41) is 42.7. The number of nitrogens with one attached hydrogen (secondary N) is 1. The van der Waals surface area contributed by atoms with E-state index in [1.807, 2.05) is 0 Å². The average Bonchev–Trinajstić information content (AvgIpc) is 2.54. The van der Waals surface area contributed by atoms with E-state index in [9.17, 15) is 20.4 Å². The third-order valence-electron chi connectivity index (χ3n) is 4.89. The van der Waals surface area contributed by atoms with E-state index in [0.717, 1.165) is 0 Å². The molecule has 1 aliphatic carbocycles. The standard InChI is InChI=1S/C15H24ClN3O5/c1-3-24-11(22)4-9-12(16)17-8-18-13(9)19-10-5-15(6-20,7-21)14(10,2)23/h8,10-11,20-23H,3-7H2,1-2H3,(H,17,18,19)/t10-,11?,14+/m1/s1. The molecular weight excluding hydrogens is 338 g/mol. The first-order valence-electron chi connectivity index (χ1n) is 7.81. The number of hydrogen-bond acceptors (Lipinski definition) is 8. The Morgan fingerprint density at radius 2 is 2.08 bits per heavy atom. The molecular formula is C15H24ClN3O5. The van der Waals surface area contributed by atoms with Gasteiger partial charge in [-0.3, -0.25) is 0 Å². The lowest BCUT2D eigenvalue weighted by atomic mass is 9.55. The van der Waals surface area contributed by atoms with Crippen molar-refractivity contribution >= 4 is 17.4 Å². The molecule has 2 rings (SSSR count). The summed E-state index contributed by atoms with van der Waals surface area (Å²) in [5.41, 5.74) is -1.82. The van der Waals surface area contributed by atoms with Crippen LogP contribution < -0.4 is 5.32 Å². The van der Waals surface area contributed by atoms with Crippen LogP contribution in [0.5, 0.6) is 0 Å². The highest BCUT2D eigenvalue weighted by Crippen LogP contribution is 2.50. The van der Waals surface area contributed by atoms with Crippen LogP contribution in [0.2, 0.25) is 5.15 Å². The van der Waals surface area contributed by atoms with Gasteiger partial charge in [0.1, 0.15) is 17.3 Å². The summed E-state index contributed by atoms with van der Waals surface area (Å²) in [7, 11) is 0. The largest absolute Gasteiger partial charge is 0.396 e. The highest BCUT2D eigenvalue weighted by atomic mass is 35.5. The zero-order valence-electron chi connectivity index (χ0n) is 13.7. The zero-order valence-corrected chi connectivity index (χ0v) is 14.5. The molecule has 0 radical (unpaired) electrons. The SMILES string of the molecule is CCOC(O)Cc1c(Cl)ncnc1N[C@@H]1CC(CO)(CO)[C@@]1(C)O. The molecule has 1 unspecified atom stereocenters. The average molecular weight is 362 g/mol. The molecule has 0 spiro atoms. The molecule has 0 aromatic carbocycles. The lowest BCUT2D eigenvalue weighted by molar-refractivity contribution is -0.201. The Morgan fingerprint density at radius 3 is 2.62 bits per heavy atom. The summed E-state index contributed by atoms with van der Waals surface area (Å²) < 4.78 is 5.11.